The molecule has 134 valence electrons. The standard InChI is InChI=1S/C20H19NO5/c1-2-26-17(23)11-15(12-7-9-13(22)10-8-12)18-19(24)14-5-3-4-6-16(14)21-20(18)25/h3-10,15,22H,2,11H2,1H3,(H2,21,24,25)/t15-/m1/s1. The molecule has 3 aromatic rings. The van der Waals surface area contributed by atoms with E-state index < -0.39 is 17.4 Å². The van der Waals surface area contributed by atoms with Crippen molar-refractivity contribution in [3.8, 4) is 11.5 Å². The molecule has 1 aromatic heterocycles. The number of nitrogens with one attached hydrogen (secondary N) is 1. The first kappa shape index (κ1) is 17.5. The third kappa shape index (κ3) is 3.39. The lowest BCUT2D eigenvalue weighted by Crippen LogP contribution is -2.20. The molecule has 3 N–H and O–H groups in total. The molecule has 0 aliphatic rings. The number of hydrogen-bond donors (Lipinski definition) is 3. The maximum absolute atomic E-state index is 12.7. The van der Waals surface area contributed by atoms with Crippen LogP contribution in [-0.2, 0) is 9.53 Å². The molecule has 0 fully saturated rings. The SMILES string of the molecule is CCOC(=O)C[C@H](c1ccc(O)cc1)c1c(O)c2ccccc2[nH]c1=O. The third-order valence-electron chi connectivity index (χ3n) is 4.25. The Kier molecular flexibility index (Phi) is 4.93. The van der Waals surface area contributed by atoms with Gasteiger partial charge in [-0.1, -0.05) is 24.3 Å². The van der Waals surface area contributed by atoms with Crippen LogP contribution >= 0.6 is 0 Å². The number of esters is 1. The molecule has 6 nitrogen and oxygen atoms in total. The Bertz CT molecular complexity index is 991. The normalized spacial score (nSPS) is 12.0. The lowest BCUT2D eigenvalue weighted by atomic mass is 9.88. The van der Waals surface area contributed by atoms with Gasteiger partial charge in [0.2, 0.25) is 0 Å². The second-order valence-corrected chi connectivity index (χ2v) is 5.92. The number of rotatable bonds is 5. The van der Waals surface area contributed by atoms with Gasteiger partial charge in [-0.15, -0.1) is 0 Å². The maximum atomic E-state index is 12.7. The number of aromatic nitrogens is 1. The fourth-order valence-corrected chi connectivity index (χ4v) is 3.04. The van der Waals surface area contributed by atoms with Gasteiger partial charge in [-0.05, 0) is 36.8 Å². The van der Waals surface area contributed by atoms with E-state index in [1.165, 1.54) is 12.1 Å². The molecule has 2 aromatic carbocycles. The van der Waals surface area contributed by atoms with Gasteiger partial charge in [0.1, 0.15) is 11.5 Å². The molecule has 0 unspecified atom stereocenters. The molecule has 3 rings (SSSR count). The molecule has 6 heteroatoms. The summed E-state index contributed by atoms with van der Waals surface area (Å²) in [6.45, 7) is 1.93. The minimum Gasteiger partial charge on any atom is -0.508 e. The highest BCUT2D eigenvalue weighted by Gasteiger charge is 2.26. The number of carbonyl (C=O) groups is 1. The summed E-state index contributed by atoms with van der Waals surface area (Å²) in [5.41, 5.74) is 0.761. The number of H-pyrrole nitrogens is 1. The third-order valence-corrected chi connectivity index (χ3v) is 4.25. The fraction of sp³-hybridized carbons (Fsp3) is 0.200. The van der Waals surface area contributed by atoms with Crippen molar-refractivity contribution in [3.63, 3.8) is 0 Å². The number of carbonyl (C=O) groups excluding carboxylic acids is 1. The number of aromatic amines is 1. The second kappa shape index (κ2) is 7.31. The second-order valence-electron chi connectivity index (χ2n) is 5.92. The van der Waals surface area contributed by atoms with E-state index in [4.69, 9.17) is 4.74 Å². The zero-order valence-corrected chi connectivity index (χ0v) is 14.2. The summed E-state index contributed by atoms with van der Waals surface area (Å²) < 4.78 is 5.02. The summed E-state index contributed by atoms with van der Waals surface area (Å²) in [5, 5.41) is 20.7. The number of pyridine rings is 1. The van der Waals surface area contributed by atoms with Gasteiger partial charge in [0.25, 0.3) is 5.56 Å². The highest BCUT2D eigenvalue weighted by Crippen LogP contribution is 2.35. The Morgan fingerprint density at radius 2 is 1.81 bits per heavy atom. The van der Waals surface area contributed by atoms with E-state index >= 15 is 0 Å². The molecule has 0 bridgehead atoms. The van der Waals surface area contributed by atoms with Crippen LogP contribution in [-0.4, -0.2) is 27.8 Å². The summed E-state index contributed by atoms with van der Waals surface area (Å²) >= 11 is 0. The first-order valence-corrected chi connectivity index (χ1v) is 8.29. The Morgan fingerprint density at radius 1 is 1.12 bits per heavy atom. The minimum absolute atomic E-state index is 0.0697. The molecule has 0 spiro atoms. The highest BCUT2D eigenvalue weighted by atomic mass is 16.5. The number of benzene rings is 2. The smallest absolute Gasteiger partial charge is 0.306 e. The Hall–Kier alpha value is -3.28. The van der Waals surface area contributed by atoms with Crippen molar-refractivity contribution >= 4 is 16.9 Å². The van der Waals surface area contributed by atoms with Gasteiger partial charge < -0.3 is 19.9 Å². The molecule has 0 amide bonds. The van der Waals surface area contributed by atoms with Gasteiger partial charge in [-0.3, -0.25) is 9.59 Å². The van der Waals surface area contributed by atoms with Gasteiger partial charge in [0.05, 0.1) is 24.1 Å². The Labute approximate surface area is 149 Å². The number of phenols is 1. The van der Waals surface area contributed by atoms with E-state index in [-0.39, 0.29) is 30.1 Å². The van der Waals surface area contributed by atoms with Gasteiger partial charge in [-0.2, -0.15) is 0 Å². The predicted octanol–water partition coefficient (Wildman–Crippen LogP) is 3.02. The summed E-state index contributed by atoms with van der Waals surface area (Å²) in [5.74, 6) is -1.27. The molecule has 1 atom stereocenters. The van der Waals surface area contributed by atoms with Crippen molar-refractivity contribution in [2.24, 2.45) is 0 Å². The first-order chi connectivity index (χ1) is 12.5. The molecule has 0 radical (unpaired) electrons. The minimum atomic E-state index is -0.706. The molecule has 1 heterocycles. The van der Waals surface area contributed by atoms with Crippen LogP contribution < -0.4 is 5.56 Å². The summed E-state index contributed by atoms with van der Waals surface area (Å²) in [6, 6.07) is 13.1. The molecule has 0 aliphatic carbocycles. The summed E-state index contributed by atoms with van der Waals surface area (Å²) in [6.07, 6.45) is -0.104. The average Bonchev–Trinajstić information content (AvgIpc) is 2.62. The highest BCUT2D eigenvalue weighted by molar-refractivity contribution is 5.86. The number of aromatic hydroxyl groups is 2. The van der Waals surface area contributed by atoms with Crippen molar-refractivity contribution in [1.29, 1.82) is 0 Å². The molecule has 0 saturated heterocycles. The Balaban J connectivity index is 2.18. The zero-order valence-electron chi connectivity index (χ0n) is 14.2. The van der Waals surface area contributed by atoms with Crippen LogP contribution in [0.25, 0.3) is 10.9 Å². The number of phenolic OH excluding ortho intramolecular Hbond substituents is 1. The molecular formula is C20H19NO5. The van der Waals surface area contributed by atoms with E-state index in [1.54, 1.807) is 43.3 Å². The first-order valence-electron chi connectivity index (χ1n) is 8.29. The van der Waals surface area contributed by atoms with Gasteiger partial charge >= 0.3 is 5.97 Å². The number of hydrogen-bond acceptors (Lipinski definition) is 5. The van der Waals surface area contributed by atoms with E-state index in [1.807, 2.05) is 0 Å². The molecule has 26 heavy (non-hydrogen) atoms. The lowest BCUT2D eigenvalue weighted by Gasteiger charge is -2.18. The van der Waals surface area contributed by atoms with Crippen molar-refractivity contribution in [1.82, 2.24) is 4.98 Å². The van der Waals surface area contributed by atoms with Crippen LogP contribution in [0.15, 0.2) is 53.3 Å². The summed E-state index contributed by atoms with van der Waals surface area (Å²) in [4.78, 5) is 27.5. The molecule has 0 aliphatic heterocycles. The van der Waals surface area contributed by atoms with Crippen LogP contribution in [0.4, 0.5) is 0 Å². The van der Waals surface area contributed by atoms with E-state index in [9.17, 15) is 19.8 Å². The van der Waals surface area contributed by atoms with Crippen LogP contribution in [0.2, 0.25) is 0 Å². The molecule has 0 saturated carbocycles. The van der Waals surface area contributed by atoms with Crippen molar-refractivity contribution in [3.05, 3.63) is 70.0 Å². The topological polar surface area (TPSA) is 99.6 Å². The van der Waals surface area contributed by atoms with E-state index in [0.717, 1.165) is 0 Å². The number of para-hydroxylation sites is 1. The van der Waals surface area contributed by atoms with Crippen LogP contribution in [0.3, 0.4) is 0 Å². The fourth-order valence-electron chi connectivity index (χ4n) is 3.04. The zero-order chi connectivity index (χ0) is 18.7. The van der Waals surface area contributed by atoms with Gasteiger partial charge in [-0.25, -0.2) is 0 Å². The van der Waals surface area contributed by atoms with Crippen LogP contribution in [0, 0.1) is 0 Å². The largest absolute Gasteiger partial charge is 0.508 e. The van der Waals surface area contributed by atoms with Crippen molar-refractivity contribution < 1.29 is 19.7 Å². The monoisotopic (exact) mass is 353 g/mol. The van der Waals surface area contributed by atoms with Gasteiger partial charge in [0.15, 0.2) is 0 Å². The molecular weight excluding hydrogens is 334 g/mol. The average molecular weight is 353 g/mol. The van der Waals surface area contributed by atoms with Gasteiger partial charge in [0, 0.05) is 11.3 Å². The van der Waals surface area contributed by atoms with E-state index in [0.29, 0.717) is 16.5 Å². The van der Waals surface area contributed by atoms with Crippen LogP contribution in [0.5, 0.6) is 11.5 Å². The van der Waals surface area contributed by atoms with E-state index in [2.05, 4.69) is 4.98 Å². The maximum Gasteiger partial charge on any atom is 0.306 e. The number of fused-ring (bicyclic) bond motifs is 1. The van der Waals surface area contributed by atoms with Crippen molar-refractivity contribution in [2.45, 2.75) is 19.3 Å². The lowest BCUT2D eigenvalue weighted by molar-refractivity contribution is -0.143. The Morgan fingerprint density at radius 3 is 2.50 bits per heavy atom. The van der Waals surface area contributed by atoms with Crippen LogP contribution in [0.1, 0.15) is 30.4 Å². The van der Waals surface area contributed by atoms with Crippen molar-refractivity contribution in [2.75, 3.05) is 6.61 Å². The predicted molar refractivity (Wildman–Crippen MR) is 97.4 cm³/mol. The quantitative estimate of drug-likeness (QED) is 0.612. The number of ether oxygens (including phenoxy) is 1. The summed E-state index contributed by atoms with van der Waals surface area (Å²) in [7, 11) is 0.